The lowest BCUT2D eigenvalue weighted by Crippen LogP contribution is -2.39. The zero-order chi connectivity index (χ0) is 16.4. The highest BCUT2D eigenvalue weighted by Crippen LogP contribution is 2.28. The summed E-state index contributed by atoms with van der Waals surface area (Å²) >= 11 is 0. The molecule has 8 heteroatoms. The smallest absolute Gasteiger partial charge is 0.231 e. The first-order valence-electron chi connectivity index (χ1n) is 7.57. The average Bonchev–Trinajstić information content (AvgIpc) is 3.06. The second-order valence-electron chi connectivity index (χ2n) is 5.56. The SMILES string of the molecule is CCS(=O)(=O)N1CCC[C@H](c2nc(-c3ccc(F)cc3)no2)C1. The van der Waals surface area contributed by atoms with Crippen LogP contribution in [0, 0.1) is 5.82 Å². The summed E-state index contributed by atoms with van der Waals surface area (Å²) in [6, 6.07) is 5.83. The Morgan fingerprint density at radius 3 is 2.78 bits per heavy atom. The third kappa shape index (κ3) is 3.42. The lowest BCUT2D eigenvalue weighted by atomic mass is 10.00. The second-order valence-corrected chi connectivity index (χ2v) is 7.82. The van der Waals surface area contributed by atoms with Gasteiger partial charge in [0.05, 0.1) is 11.7 Å². The summed E-state index contributed by atoms with van der Waals surface area (Å²) in [6.07, 6.45) is 1.57. The van der Waals surface area contributed by atoms with Gasteiger partial charge in [-0.2, -0.15) is 4.98 Å². The predicted molar refractivity (Wildman–Crippen MR) is 82.7 cm³/mol. The Hall–Kier alpha value is -1.80. The number of sulfonamides is 1. The molecule has 124 valence electrons. The van der Waals surface area contributed by atoms with E-state index in [9.17, 15) is 12.8 Å². The molecule has 1 fully saturated rings. The molecule has 1 aliphatic heterocycles. The van der Waals surface area contributed by atoms with E-state index >= 15 is 0 Å². The average molecular weight is 339 g/mol. The molecule has 0 unspecified atom stereocenters. The maximum Gasteiger partial charge on any atom is 0.231 e. The van der Waals surface area contributed by atoms with Crippen LogP contribution in [0.1, 0.15) is 31.6 Å². The van der Waals surface area contributed by atoms with Crippen molar-refractivity contribution < 1.29 is 17.3 Å². The molecule has 3 rings (SSSR count). The van der Waals surface area contributed by atoms with Gasteiger partial charge in [0, 0.05) is 18.7 Å². The van der Waals surface area contributed by atoms with Gasteiger partial charge in [-0.1, -0.05) is 5.16 Å². The summed E-state index contributed by atoms with van der Waals surface area (Å²) in [6.45, 7) is 2.53. The van der Waals surface area contributed by atoms with E-state index in [1.54, 1.807) is 19.1 Å². The van der Waals surface area contributed by atoms with Gasteiger partial charge in [-0.05, 0) is 44.0 Å². The van der Waals surface area contributed by atoms with Gasteiger partial charge >= 0.3 is 0 Å². The van der Waals surface area contributed by atoms with Crippen molar-refractivity contribution in [2.75, 3.05) is 18.8 Å². The molecule has 0 radical (unpaired) electrons. The molecule has 0 saturated carbocycles. The molecule has 0 spiro atoms. The Morgan fingerprint density at radius 2 is 2.09 bits per heavy atom. The van der Waals surface area contributed by atoms with Crippen LogP contribution in [0.15, 0.2) is 28.8 Å². The Labute approximate surface area is 134 Å². The minimum absolute atomic E-state index is 0.0877. The van der Waals surface area contributed by atoms with Crippen LogP contribution in [0.3, 0.4) is 0 Å². The van der Waals surface area contributed by atoms with Crippen LogP contribution in [0.2, 0.25) is 0 Å². The van der Waals surface area contributed by atoms with E-state index in [1.165, 1.54) is 16.4 Å². The van der Waals surface area contributed by atoms with Crippen LogP contribution in [0.4, 0.5) is 4.39 Å². The van der Waals surface area contributed by atoms with E-state index in [1.807, 2.05) is 0 Å². The van der Waals surface area contributed by atoms with E-state index in [4.69, 9.17) is 4.52 Å². The molecule has 23 heavy (non-hydrogen) atoms. The van der Waals surface area contributed by atoms with Crippen LogP contribution in [0.5, 0.6) is 0 Å². The largest absolute Gasteiger partial charge is 0.339 e. The van der Waals surface area contributed by atoms with Crippen molar-refractivity contribution in [1.82, 2.24) is 14.4 Å². The number of piperidine rings is 1. The first kappa shape index (κ1) is 16.1. The number of aromatic nitrogens is 2. The fourth-order valence-corrected chi connectivity index (χ4v) is 3.88. The lowest BCUT2D eigenvalue weighted by Gasteiger charge is -2.29. The maximum absolute atomic E-state index is 13.0. The molecule has 0 amide bonds. The van der Waals surface area contributed by atoms with Gasteiger partial charge in [0.15, 0.2) is 0 Å². The van der Waals surface area contributed by atoms with Gasteiger partial charge in [-0.25, -0.2) is 17.1 Å². The summed E-state index contributed by atoms with van der Waals surface area (Å²) < 4.78 is 43.8. The molecule has 1 aromatic heterocycles. The summed E-state index contributed by atoms with van der Waals surface area (Å²) in [5.41, 5.74) is 0.662. The van der Waals surface area contributed by atoms with Crippen molar-refractivity contribution in [2.24, 2.45) is 0 Å². The topological polar surface area (TPSA) is 76.3 Å². The summed E-state index contributed by atoms with van der Waals surface area (Å²) in [5, 5.41) is 3.92. The van der Waals surface area contributed by atoms with E-state index in [0.29, 0.717) is 30.4 Å². The minimum Gasteiger partial charge on any atom is -0.339 e. The Morgan fingerprint density at radius 1 is 1.35 bits per heavy atom. The molecule has 0 N–H and O–H groups in total. The maximum atomic E-state index is 13.0. The highest BCUT2D eigenvalue weighted by molar-refractivity contribution is 7.89. The highest BCUT2D eigenvalue weighted by Gasteiger charge is 2.31. The van der Waals surface area contributed by atoms with Crippen LogP contribution in [-0.2, 0) is 10.0 Å². The second kappa shape index (κ2) is 6.37. The standard InChI is InChI=1S/C15H18FN3O3S/c1-2-23(20,21)19-9-3-4-12(10-19)15-17-14(18-22-15)11-5-7-13(16)8-6-11/h5-8,12H,2-4,9-10H2,1H3/t12-/m0/s1. The Kier molecular flexibility index (Phi) is 4.45. The third-order valence-electron chi connectivity index (χ3n) is 4.04. The fraction of sp³-hybridized carbons (Fsp3) is 0.467. The lowest BCUT2D eigenvalue weighted by molar-refractivity contribution is 0.266. The van der Waals surface area contributed by atoms with Crippen molar-refractivity contribution in [1.29, 1.82) is 0 Å². The first-order valence-corrected chi connectivity index (χ1v) is 9.18. The third-order valence-corrected chi connectivity index (χ3v) is 5.88. The van der Waals surface area contributed by atoms with E-state index in [0.717, 1.165) is 12.8 Å². The van der Waals surface area contributed by atoms with E-state index < -0.39 is 10.0 Å². The van der Waals surface area contributed by atoms with Gasteiger partial charge in [-0.15, -0.1) is 0 Å². The normalized spacial score (nSPS) is 19.8. The monoisotopic (exact) mass is 339 g/mol. The van der Waals surface area contributed by atoms with Crippen LogP contribution in [0.25, 0.3) is 11.4 Å². The fourth-order valence-electron chi connectivity index (χ4n) is 2.70. The number of benzene rings is 1. The van der Waals surface area contributed by atoms with Crippen molar-refractivity contribution in [3.63, 3.8) is 0 Å². The summed E-state index contributed by atoms with van der Waals surface area (Å²) in [5.74, 6) is 0.470. The molecule has 2 heterocycles. The van der Waals surface area contributed by atoms with Gasteiger partial charge in [-0.3, -0.25) is 0 Å². The number of nitrogens with zero attached hydrogens (tertiary/aromatic N) is 3. The van der Waals surface area contributed by atoms with Crippen LogP contribution >= 0.6 is 0 Å². The number of hydrogen-bond acceptors (Lipinski definition) is 5. The Bertz CT molecular complexity index is 774. The van der Waals surface area contributed by atoms with Crippen LogP contribution < -0.4 is 0 Å². The van der Waals surface area contributed by atoms with E-state index in [-0.39, 0.29) is 17.5 Å². The van der Waals surface area contributed by atoms with Crippen molar-refractivity contribution in [2.45, 2.75) is 25.7 Å². The molecule has 1 aromatic carbocycles. The van der Waals surface area contributed by atoms with Crippen molar-refractivity contribution in [3.05, 3.63) is 36.0 Å². The highest BCUT2D eigenvalue weighted by atomic mass is 32.2. The van der Waals surface area contributed by atoms with Gasteiger partial charge in [0.25, 0.3) is 0 Å². The molecule has 1 aliphatic rings. The quantitative estimate of drug-likeness (QED) is 0.855. The molecule has 0 bridgehead atoms. The number of halogens is 1. The van der Waals surface area contributed by atoms with E-state index in [2.05, 4.69) is 10.1 Å². The summed E-state index contributed by atoms with van der Waals surface area (Å²) in [4.78, 5) is 4.35. The van der Waals surface area contributed by atoms with Gasteiger partial charge < -0.3 is 4.52 Å². The molecular weight excluding hydrogens is 321 g/mol. The molecule has 6 nitrogen and oxygen atoms in total. The van der Waals surface area contributed by atoms with Crippen molar-refractivity contribution in [3.8, 4) is 11.4 Å². The number of rotatable bonds is 4. The van der Waals surface area contributed by atoms with Crippen molar-refractivity contribution >= 4 is 10.0 Å². The zero-order valence-electron chi connectivity index (χ0n) is 12.8. The van der Waals surface area contributed by atoms with Gasteiger partial charge in [0.1, 0.15) is 5.82 Å². The molecule has 0 aliphatic carbocycles. The number of hydrogen-bond donors (Lipinski definition) is 0. The first-order chi connectivity index (χ1) is 11.0. The molecule has 1 saturated heterocycles. The predicted octanol–water partition coefficient (Wildman–Crippen LogP) is 2.40. The molecule has 2 aromatic rings. The molecule has 1 atom stereocenters. The summed E-state index contributed by atoms with van der Waals surface area (Å²) in [7, 11) is -3.21. The minimum atomic E-state index is -3.21. The molecular formula is C15H18FN3O3S. The Balaban J connectivity index is 1.79. The van der Waals surface area contributed by atoms with Gasteiger partial charge in [0.2, 0.25) is 21.7 Å². The zero-order valence-corrected chi connectivity index (χ0v) is 13.6. The van der Waals surface area contributed by atoms with Crippen LogP contribution in [-0.4, -0.2) is 41.7 Å².